The van der Waals surface area contributed by atoms with Gasteiger partial charge in [0.15, 0.2) is 0 Å². The molecule has 0 aromatic rings. The zero-order chi connectivity index (χ0) is 19.2. The van der Waals surface area contributed by atoms with Gasteiger partial charge in [0, 0.05) is 25.2 Å². The van der Waals surface area contributed by atoms with E-state index in [0.29, 0.717) is 18.1 Å². The molecule has 0 aromatic heterocycles. The summed E-state index contributed by atoms with van der Waals surface area (Å²) in [6.45, 7) is 17.5. The van der Waals surface area contributed by atoms with Crippen LogP contribution in [-0.2, 0) is 19.1 Å². The molecule has 0 atom stereocenters. The molecule has 0 aromatic carbocycles. The summed E-state index contributed by atoms with van der Waals surface area (Å²) in [5.74, 6) is -0.896. The third-order valence-corrected chi connectivity index (χ3v) is 1.88. The van der Waals surface area contributed by atoms with Gasteiger partial charge in [0.05, 0.1) is 6.61 Å². The van der Waals surface area contributed by atoms with Gasteiger partial charge in [-0.3, -0.25) is 4.79 Å². The SMILES string of the molecule is C=C(C)C(=O)O.C=C(C)C(=O)OCC(C)C.C=CC(=O)N(C)C. The largest absolute Gasteiger partial charge is 0.478 e. The van der Waals surface area contributed by atoms with Crippen LogP contribution >= 0.6 is 0 Å². The number of likely N-dealkylation sites (N-methyl/N-ethyl adjacent to an activating group) is 1. The molecule has 0 unspecified atom stereocenters. The van der Waals surface area contributed by atoms with Crippen LogP contribution in [0.3, 0.4) is 0 Å². The molecule has 0 spiro atoms. The van der Waals surface area contributed by atoms with Crippen molar-refractivity contribution in [2.75, 3.05) is 20.7 Å². The number of carbonyl (C=O) groups is 3. The van der Waals surface area contributed by atoms with Crippen LogP contribution in [0.5, 0.6) is 0 Å². The van der Waals surface area contributed by atoms with Gasteiger partial charge in [-0.15, -0.1) is 0 Å². The Hall–Kier alpha value is -2.37. The average molecular weight is 327 g/mol. The van der Waals surface area contributed by atoms with E-state index in [2.05, 4.69) is 19.7 Å². The lowest BCUT2D eigenvalue weighted by Gasteiger charge is -2.05. The van der Waals surface area contributed by atoms with Crippen molar-refractivity contribution < 1.29 is 24.2 Å². The van der Waals surface area contributed by atoms with Crippen LogP contribution in [0.15, 0.2) is 37.0 Å². The second-order valence-electron chi connectivity index (χ2n) is 5.29. The molecule has 0 aliphatic rings. The predicted molar refractivity (Wildman–Crippen MR) is 92.0 cm³/mol. The molecule has 6 heteroatoms. The molecule has 0 saturated heterocycles. The highest BCUT2D eigenvalue weighted by atomic mass is 16.5. The Morgan fingerprint density at radius 3 is 1.65 bits per heavy atom. The maximum Gasteiger partial charge on any atom is 0.333 e. The van der Waals surface area contributed by atoms with Gasteiger partial charge >= 0.3 is 11.9 Å². The Balaban J connectivity index is -0.000000272. The van der Waals surface area contributed by atoms with Crippen molar-refractivity contribution in [2.45, 2.75) is 27.7 Å². The number of aliphatic carboxylic acids is 1. The molecule has 0 rings (SSSR count). The maximum atomic E-state index is 10.7. The van der Waals surface area contributed by atoms with Crippen LogP contribution in [0.1, 0.15) is 27.7 Å². The van der Waals surface area contributed by atoms with Crippen molar-refractivity contribution >= 4 is 17.8 Å². The standard InChI is InChI=1S/C8H14O2.C5H9NO.C4H6O2/c1-6(2)5-10-8(9)7(3)4;1-4-5(7)6(2)3;1-3(2)4(5)6/h6H,3,5H2,1-2,4H3;4H,1H2,2-3H3;1H2,2H3,(H,5,6). The van der Waals surface area contributed by atoms with Crippen LogP contribution in [-0.4, -0.2) is 48.6 Å². The van der Waals surface area contributed by atoms with Gasteiger partial charge in [-0.1, -0.05) is 33.6 Å². The molecule has 0 radical (unpaired) electrons. The number of carbonyl (C=O) groups excluding carboxylic acids is 2. The van der Waals surface area contributed by atoms with E-state index in [4.69, 9.17) is 9.84 Å². The first kappa shape index (κ1) is 25.6. The molecule has 1 amide bonds. The topological polar surface area (TPSA) is 83.9 Å². The highest BCUT2D eigenvalue weighted by Gasteiger charge is 2.03. The Morgan fingerprint density at radius 1 is 1.13 bits per heavy atom. The summed E-state index contributed by atoms with van der Waals surface area (Å²) in [6, 6.07) is 0. The Morgan fingerprint density at radius 2 is 1.52 bits per heavy atom. The fraction of sp³-hybridized carbons (Fsp3) is 0.471. The van der Waals surface area contributed by atoms with E-state index in [1.165, 1.54) is 17.9 Å². The normalized spacial score (nSPS) is 8.48. The van der Waals surface area contributed by atoms with Gasteiger partial charge in [-0.25, -0.2) is 9.59 Å². The lowest BCUT2D eigenvalue weighted by Crippen LogP contribution is -2.18. The molecule has 0 heterocycles. The second kappa shape index (κ2) is 14.6. The fourth-order valence-corrected chi connectivity index (χ4v) is 0.548. The number of hydrogen-bond donors (Lipinski definition) is 1. The van der Waals surface area contributed by atoms with Crippen molar-refractivity contribution in [2.24, 2.45) is 5.92 Å². The molecule has 0 bridgehead atoms. The minimum absolute atomic E-state index is 0.0556. The van der Waals surface area contributed by atoms with Gasteiger partial charge in [0.1, 0.15) is 0 Å². The van der Waals surface area contributed by atoms with E-state index in [1.807, 2.05) is 13.8 Å². The summed E-state index contributed by atoms with van der Waals surface area (Å²) in [4.78, 5) is 32.1. The number of hydrogen-bond acceptors (Lipinski definition) is 4. The van der Waals surface area contributed by atoms with Crippen molar-refractivity contribution in [1.82, 2.24) is 4.90 Å². The number of nitrogens with zero attached hydrogens (tertiary/aromatic N) is 1. The van der Waals surface area contributed by atoms with Crippen molar-refractivity contribution in [3.8, 4) is 0 Å². The van der Waals surface area contributed by atoms with Crippen LogP contribution in [0.4, 0.5) is 0 Å². The fourth-order valence-electron chi connectivity index (χ4n) is 0.548. The zero-order valence-electron chi connectivity index (χ0n) is 15.0. The molecule has 0 aliphatic carbocycles. The number of rotatable bonds is 5. The Labute approximate surface area is 139 Å². The third-order valence-electron chi connectivity index (χ3n) is 1.88. The molecular weight excluding hydrogens is 298 g/mol. The number of esters is 1. The number of amides is 1. The maximum absolute atomic E-state index is 10.7. The average Bonchev–Trinajstić information content (AvgIpc) is 2.44. The first-order chi connectivity index (χ1) is 10.4. The quantitative estimate of drug-likeness (QED) is 0.620. The number of carboxylic acids is 1. The van der Waals surface area contributed by atoms with Crippen molar-refractivity contribution in [1.29, 1.82) is 0 Å². The predicted octanol–water partition coefficient (Wildman–Crippen LogP) is 2.67. The van der Waals surface area contributed by atoms with Gasteiger partial charge in [0.25, 0.3) is 0 Å². The van der Waals surface area contributed by atoms with E-state index in [0.717, 1.165) is 0 Å². The first-order valence-electron chi connectivity index (χ1n) is 6.91. The summed E-state index contributed by atoms with van der Waals surface area (Å²) >= 11 is 0. The molecule has 0 saturated carbocycles. The second-order valence-corrected chi connectivity index (χ2v) is 5.29. The third kappa shape index (κ3) is 22.1. The van der Waals surface area contributed by atoms with E-state index >= 15 is 0 Å². The lowest BCUT2D eigenvalue weighted by molar-refractivity contribution is -0.140. The highest BCUT2D eigenvalue weighted by Crippen LogP contribution is 1.97. The van der Waals surface area contributed by atoms with Gasteiger partial charge in [-0.05, 0) is 25.8 Å². The van der Waals surface area contributed by atoms with Crippen molar-refractivity contribution in [3.63, 3.8) is 0 Å². The summed E-state index contributed by atoms with van der Waals surface area (Å²) in [7, 11) is 3.37. The van der Waals surface area contributed by atoms with Crippen LogP contribution < -0.4 is 0 Å². The van der Waals surface area contributed by atoms with Gasteiger partial charge < -0.3 is 14.7 Å². The highest BCUT2D eigenvalue weighted by molar-refractivity contribution is 5.87. The zero-order valence-corrected chi connectivity index (χ0v) is 15.0. The van der Waals surface area contributed by atoms with Crippen LogP contribution in [0.25, 0.3) is 0 Å². The lowest BCUT2D eigenvalue weighted by atomic mass is 10.2. The summed E-state index contributed by atoms with van der Waals surface area (Å²) in [5, 5.41) is 7.89. The molecular formula is C17H29NO5. The van der Waals surface area contributed by atoms with Gasteiger partial charge in [-0.2, -0.15) is 0 Å². The molecule has 0 fully saturated rings. The Bertz CT molecular complexity index is 424. The number of carboxylic acid groups (broad SMARTS) is 1. The van der Waals surface area contributed by atoms with E-state index < -0.39 is 5.97 Å². The monoisotopic (exact) mass is 327 g/mol. The minimum atomic E-state index is -0.935. The summed E-state index contributed by atoms with van der Waals surface area (Å²) in [5.41, 5.74) is 0.635. The minimum Gasteiger partial charge on any atom is -0.478 e. The van der Waals surface area contributed by atoms with E-state index in [-0.39, 0.29) is 17.4 Å². The van der Waals surface area contributed by atoms with E-state index in [9.17, 15) is 14.4 Å². The summed E-state index contributed by atoms with van der Waals surface area (Å²) in [6.07, 6.45) is 1.28. The summed E-state index contributed by atoms with van der Waals surface area (Å²) < 4.78 is 4.83. The van der Waals surface area contributed by atoms with Crippen LogP contribution in [0.2, 0.25) is 0 Å². The molecule has 23 heavy (non-hydrogen) atoms. The molecule has 1 N–H and O–H groups in total. The first-order valence-corrected chi connectivity index (χ1v) is 6.91. The molecule has 0 aliphatic heterocycles. The Kier molecular flexibility index (Phi) is 16.2. The van der Waals surface area contributed by atoms with E-state index in [1.54, 1.807) is 21.0 Å². The number of ether oxygens (including phenoxy) is 1. The van der Waals surface area contributed by atoms with Gasteiger partial charge in [0.2, 0.25) is 5.91 Å². The smallest absolute Gasteiger partial charge is 0.333 e. The van der Waals surface area contributed by atoms with Crippen LogP contribution in [0, 0.1) is 5.92 Å². The van der Waals surface area contributed by atoms with Crippen molar-refractivity contribution in [3.05, 3.63) is 37.0 Å². The molecule has 132 valence electrons. The molecule has 6 nitrogen and oxygen atoms in total.